The van der Waals surface area contributed by atoms with Crippen molar-refractivity contribution in [1.82, 2.24) is 0 Å². The molecule has 7 nitrogen and oxygen atoms in total. The quantitative estimate of drug-likeness (QED) is 0.438. The highest BCUT2D eigenvalue weighted by atomic mass is 16.6. The Hall–Kier alpha value is -2.87. The third-order valence-electron chi connectivity index (χ3n) is 4.80. The summed E-state index contributed by atoms with van der Waals surface area (Å²) in [6, 6.07) is 19.3. The van der Waals surface area contributed by atoms with Crippen molar-refractivity contribution >= 4 is 5.78 Å². The molecule has 0 spiro atoms. The number of benzene rings is 2. The van der Waals surface area contributed by atoms with Crippen molar-refractivity contribution in [3.05, 3.63) is 94.2 Å². The Labute approximate surface area is 175 Å². The van der Waals surface area contributed by atoms with E-state index >= 15 is 0 Å². The second kappa shape index (κ2) is 10.8. The molecule has 4 atom stereocenters. The van der Waals surface area contributed by atoms with Crippen molar-refractivity contribution in [3.8, 4) is 0 Å². The van der Waals surface area contributed by atoms with Gasteiger partial charge in [-0.25, -0.2) is 0 Å². The fourth-order valence-corrected chi connectivity index (χ4v) is 3.44. The first-order valence-electron chi connectivity index (χ1n) is 9.80. The van der Waals surface area contributed by atoms with Crippen molar-refractivity contribution in [2.75, 3.05) is 0 Å². The molecule has 0 radical (unpaired) electrons. The van der Waals surface area contributed by atoms with E-state index in [4.69, 9.17) is 14.2 Å². The third kappa shape index (κ3) is 6.32. The molecule has 0 saturated carbocycles. The van der Waals surface area contributed by atoms with E-state index in [1.54, 1.807) is 0 Å². The molecule has 1 heterocycles. The average Bonchev–Trinajstić information content (AvgIpc) is 3.06. The van der Waals surface area contributed by atoms with Crippen molar-refractivity contribution < 1.29 is 23.9 Å². The van der Waals surface area contributed by atoms with Gasteiger partial charge in [0.05, 0.1) is 24.2 Å². The van der Waals surface area contributed by atoms with Gasteiger partial charge in [-0.05, 0) is 18.1 Å². The maximum absolute atomic E-state index is 11.8. The molecule has 0 amide bonds. The van der Waals surface area contributed by atoms with E-state index in [0.717, 1.165) is 17.3 Å². The summed E-state index contributed by atoms with van der Waals surface area (Å²) in [6.07, 6.45) is -0.0258. The molecule has 30 heavy (non-hydrogen) atoms. The van der Waals surface area contributed by atoms with Gasteiger partial charge in [0, 0.05) is 12.5 Å². The van der Waals surface area contributed by atoms with Gasteiger partial charge in [0.1, 0.15) is 24.1 Å². The highest BCUT2D eigenvalue weighted by Gasteiger charge is 2.46. The first-order chi connectivity index (χ1) is 14.5. The number of Topliss-reactive ketones (excluding diaryl/α,β-unsaturated/α-hetero) is 1. The summed E-state index contributed by atoms with van der Waals surface area (Å²) in [5.41, 5.74) is 1.94. The van der Waals surface area contributed by atoms with Crippen LogP contribution in [-0.2, 0) is 32.2 Å². The molecule has 3 rings (SSSR count). The summed E-state index contributed by atoms with van der Waals surface area (Å²) in [5, 5.41) is 10.8. The molecule has 2 aromatic rings. The van der Waals surface area contributed by atoms with E-state index in [1.165, 1.54) is 13.0 Å². The Kier molecular flexibility index (Phi) is 7.84. The van der Waals surface area contributed by atoms with Gasteiger partial charge in [-0.15, -0.1) is 0 Å². The second-order valence-corrected chi connectivity index (χ2v) is 7.19. The summed E-state index contributed by atoms with van der Waals surface area (Å²) < 4.78 is 18.2. The van der Waals surface area contributed by atoms with E-state index in [9.17, 15) is 14.9 Å². The monoisotopic (exact) mass is 411 g/mol. The Morgan fingerprint density at radius 1 is 1.00 bits per heavy atom. The summed E-state index contributed by atoms with van der Waals surface area (Å²) in [5.74, 6) is -0.0472. The van der Waals surface area contributed by atoms with Gasteiger partial charge in [-0.2, -0.15) is 0 Å². The molecule has 0 aliphatic carbocycles. The van der Waals surface area contributed by atoms with E-state index in [2.05, 4.69) is 0 Å². The molecule has 7 heteroatoms. The first kappa shape index (κ1) is 21.8. The Morgan fingerprint density at radius 3 is 2.03 bits per heavy atom. The smallest absolute Gasteiger partial charge is 0.233 e. The maximum atomic E-state index is 11.8. The molecule has 1 aliphatic rings. The number of ketones is 1. The van der Waals surface area contributed by atoms with E-state index in [0.29, 0.717) is 13.2 Å². The van der Waals surface area contributed by atoms with E-state index in [1.807, 2.05) is 60.7 Å². The predicted molar refractivity (Wildman–Crippen MR) is 110 cm³/mol. The number of ether oxygens (including phenoxy) is 3. The lowest BCUT2D eigenvalue weighted by molar-refractivity contribution is -0.403. The van der Waals surface area contributed by atoms with Gasteiger partial charge in [0.15, 0.2) is 0 Å². The lowest BCUT2D eigenvalue weighted by atomic mass is 10.0. The van der Waals surface area contributed by atoms with Gasteiger partial charge in [0.25, 0.3) is 0 Å². The molecule has 1 saturated heterocycles. The number of hydrogen-bond acceptors (Lipinski definition) is 6. The minimum Gasteiger partial charge on any atom is -0.368 e. The Balaban J connectivity index is 1.79. The van der Waals surface area contributed by atoms with Gasteiger partial charge >= 0.3 is 0 Å². The van der Waals surface area contributed by atoms with Crippen LogP contribution in [0.2, 0.25) is 0 Å². The SMILES string of the molecule is CC(=O)C[C@H]1O[C@H](/C=C/[N+](=O)[O-])[C@H](OCc2ccccc2)[C@@H]1OCc1ccccc1. The fourth-order valence-electron chi connectivity index (χ4n) is 3.44. The molecule has 0 N–H and O–H groups in total. The Bertz CT molecular complexity index is 855. The topological polar surface area (TPSA) is 87.9 Å². The van der Waals surface area contributed by atoms with Gasteiger partial charge in [-0.1, -0.05) is 60.7 Å². The predicted octanol–water partition coefficient (Wildman–Crippen LogP) is 3.69. The van der Waals surface area contributed by atoms with Crippen LogP contribution in [0.3, 0.4) is 0 Å². The zero-order chi connectivity index (χ0) is 21.3. The number of carbonyl (C=O) groups excluding carboxylic acids is 1. The van der Waals surface area contributed by atoms with Gasteiger partial charge in [0.2, 0.25) is 6.20 Å². The van der Waals surface area contributed by atoms with Crippen molar-refractivity contribution in [3.63, 3.8) is 0 Å². The summed E-state index contributed by atoms with van der Waals surface area (Å²) in [6.45, 7) is 2.10. The zero-order valence-corrected chi connectivity index (χ0v) is 16.8. The lowest BCUT2D eigenvalue weighted by Gasteiger charge is -2.24. The number of carbonyl (C=O) groups is 1. The van der Waals surface area contributed by atoms with Crippen LogP contribution in [0.15, 0.2) is 72.9 Å². The molecular weight excluding hydrogens is 386 g/mol. The summed E-state index contributed by atoms with van der Waals surface area (Å²) >= 11 is 0. The Morgan fingerprint density at radius 2 is 1.53 bits per heavy atom. The molecular formula is C23H25NO6. The summed E-state index contributed by atoms with van der Waals surface area (Å²) in [7, 11) is 0. The average molecular weight is 411 g/mol. The second-order valence-electron chi connectivity index (χ2n) is 7.19. The minimum atomic E-state index is -0.691. The first-order valence-corrected chi connectivity index (χ1v) is 9.80. The number of hydrogen-bond donors (Lipinski definition) is 0. The lowest BCUT2D eigenvalue weighted by Crippen LogP contribution is -2.37. The molecule has 0 unspecified atom stereocenters. The largest absolute Gasteiger partial charge is 0.368 e. The van der Waals surface area contributed by atoms with Crippen LogP contribution in [0, 0.1) is 10.1 Å². The third-order valence-corrected chi connectivity index (χ3v) is 4.80. The summed E-state index contributed by atoms with van der Waals surface area (Å²) in [4.78, 5) is 22.1. The standard InChI is InChI=1S/C23H25NO6/c1-17(25)14-21-23(29-16-19-10-6-3-7-11-19)22(20(30-21)12-13-24(26)27)28-15-18-8-4-2-5-9-18/h2-13,20-23H,14-16H2,1H3/b13-12+/t20-,21-,22+,23-/m1/s1. The van der Waals surface area contributed by atoms with Crippen LogP contribution in [-0.4, -0.2) is 35.1 Å². The van der Waals surface area contributed by atoms with Crippen LogP contribution in [0.25, 0.3) is 0 Å². The normalized spacial score (nSPS) is 23.6. The highest BCUT2D eigenvalue weighted by Crippen LogP contribution is 2.31. The molecule has 0 bridgehead atoms. The number of nitro groups is 1. The van der Waals surface area contributed by atoms with Crippen LogP contribution >= 0.6 is 0 Å². The molecule has 1 aliphatic heterocycles. The molecule has 1 fully saturated rings. The fraction of sp³-hybridized carbons (Fsp3) is 0.348. The molecule has 2 aromatic carbocycles. The van der Waals surface area contributed by atoms with Crippen LogP contribution in [0.4, 0.5) is 0 Å². The van der Waals surface area contributed by atoms with Gasteiger partial charge < -0.3 is 14.2 Å². The molecule has 158 valence electrons. The van der Waals surface area contributed by atoms with Crippen molar-refractivity contribution in [2.24, 2.45) is 0 Å². The highest BCUT2D eigenvalue weighted by molar-refractivity contribution is 5.76. The minimum absolute atomic E-state index is 0.0472. The van der Waals surface area contributed by atoms with Gasteiger partial charge in [-0.3, -0.25) is 14.9 Å². The van der Waals surface area contributed by atoms with E-state index < -0.39 is 29.3 Å². The van der Waals surface area contributed by atoms with Crippen LogP contribution < -0.4 is 0 Å². The molecule has 0 aromatic heterocycles. The van der Waals surface area contributed by atoms with Crippen LogP contribution in [0.5, 0.6) is 0 Å². The van der Waals surface area contributed by atoms with Crippen molar-refractivity contribution in [2.45, 2.75) is 51.0 Å². The number of rotatable bonds is 10. The van der Waals surface area contributed by atoms with Crippen molar-refractivity contribution in [1.29, 1.82) is 0 Å². The maximum Gasteiger partial charge on any atom is 0.233 e. The zero-order valence-electron chi connectivity index (χ0n) is 16.8. The van der Waals surface area contributed by atoms with Crippen LogP contribution in [0.1, 0.15) is 24.5 Å². The van der Waals surface area contributed by atoms with E-state index in [-0.39, 0.29) is 12.2 Å². The number of nitrogens with zero attached hydrogens (tertiary/aromatic N) is 1.